The number of fused-ring (bicyclic) bond motifs is 1. The highest BCUT2D eigenvalue weighted by molar-refractivity contribution is 5.96. The molecular formula is C18H15F3N2O. The highest BCUT2D eigenvalue weighted by Crippen LogP contribution is 2.34. The van der Waals surface area contributed by atoms with Gasteiger partial charge in [0.2, 0.25) is 5.91 Å². The molecule has 0 unspecified atom stereocenters. The van der Waals surface area contributed by atoms with Crippen LogP contribution >= 0.6 is 0 Å². The molecule has 0 aliphatic heterocycles. The highest BCUT2D eigenvalue weighted by Gasteiger charge is 2.37. The number of alkyl halides is 3. The van der Waals surface area contributed by atoms with Gasteiger partial charge in [-0.15, -0.1) is 0 Å². The number of nitrogen functional groups attached to an aromatic ring is 1. The number of anilines is 1. The second kappa shape index (κ2) is 5.70. The van der Waals surface area contributed by atoms with Gasteiger partial charge in [0.25, 0.3) is 0 Å². The molecule has 0 bridgehead atoms. The fraction of sp³-hybridized carbons (Fsp3) is 0.167. The normalized spacial score (nSPS) is 11.8. The van der Waals surface area contributed by atoms with Gasteiger partial charge in [0, 0.05) is 11.1 Å². The molecule has 0 aliphatic rings. The summed E-state index contributed by atoms with van der Waals surface area (Å²) in [6, 6.07) is 12.5. The molecule has 0 aliphatic carbocycles. The predicted molar refractivity (Wildman–Crippen MR) is 86.9 cm³/mol. The van der Waals surface area contributed by atoms with E-state index in [4.69, 9.17) is 5.73 Å². The molecule has 1 heterocycles. The van der Waals surface area contributed by atoms with Gasteiger partial charge in [0.1, 0.15) is 5.69 Å². The molecule has 0 fully saturated rings. The van der Waals surface area contributed by atoms with Crippen molar-refractivity contribution in [2.75, 3.05) is 5.73 Å². The van der Waals surface area contributed by atoms with Gasteiger partial charge in [0.15, 0.2) is 0 Å². The Bertz CT molecular complexity index is 926. The fourth-order valence-electron chi connectivity index (χ4n) is 2.79. The first-order valence-electron chi connectivity index (χ1n) is 7.32. The lowest BCUT2D eigenvalue weighted by atomic mass is 10.1. The molecule has 0 spiro atoms. The summed E-state index contributed by atoms with van der Waals surface area (Å²) < 4.78 is 40.8. The summed E-state index contributed by atoms with van der Waals surface area (Å²) in [4.78, 5) is 12.6. The monoisotopic (exact) mass is 332 g/mol. The third-order valence-electron chi connectivity index (χ3n) is 3.80. The minimum atomic E-state index is -4.63. The Hall–Kier alpha value is -2.76. The van der Waals surface area contributed by atoms with Crippen molar-refractivity contribution in [1.29, 1.82) is 0 Å². The van der Waals surface area contributed by atoms with Crippen molar-refractivity contribution in [3.8, 4) is 0 Å². The third kappa shape index (κ3) is 2.99. The maximum atomic E-state index is 13.3. The number of aryl methyl sites for hydroxylation is 1. The molecule has 6 heteroatoms. The Kier molecular flexibility index (Phi) is 3.83. The second-order valence-electron chi connectivity index (χ2n) is 5.74. The lowest BCUT2D eigenvalue weighted by Crippen LogP contribution is -2.21. The summed E-state index contributed by atoms with van der Waals surface area (Å²) in [6.07, 6.45) is -4.74. The first-order valence-corrected chi connectivity index (χ1v) is 7.32. The zero-order chi connectivity index (χ0) is 17.5. The average molecular weight is 332 g/mol. The van der Waals surface area contributed by atoms with E-state index in [1.807, 2.05) is 13.0 Å². The van der Waals surface area contributed by atoms with Gasteiger partial charge in [-0.2, -0.15) is 13.2 Å². The number of nitrogens with two attached hydrogens (primary N) is 1. The molecule has 2 aromatic carbocycles. The van der Waals surface area contributed by atoms with E-state index in [9.17, 15) is 18.0 Å². The largest absolute Gasteiger partial charge is 0.431 e. The van der Waals surface area contributed by atoms with E-state index in [0.717, 1.165) is 16.2 Å². The van der Waals surface area contributed by atoms with E-state index in [1.165, 1.54) is 18.2 Å². The average Bonchev–Trinajstić information content (AvgIpc) is 2.85. The Balaban J connectivity index is 2.11. The number of nitrogens with zero attached hydrogens (tertiary/aromatic N) is 1. The van der Waals surface area contributed by atoms with E-state index < -0.39 is 17.8 Å². The van der Waals surface area contributed by atoms with Crippen molar-refractivity contribution >= 4 is 22.5 Å². The Morgan fingerprint density at radius 3 is 2.54 bits per heavy atom. The quantitative estimate of drug-likeness (QED) is 0.706. The van der Waals surface area contributed by atoms with Crippen molar-refractivity contribution in [2.45, 2.75) is 19.5 Å². The molecule has 3 rings (SSSR count). The van der Waals surface area contributed by atoms with Crippen LogP contribution in [0.4, 0.5) is 18.9 Å². The molecule has 3 nitrogen and oxygen atoms in total. The summed E-state index contributed by atoms with van der Waals surface area (Å²) >= 11 is 0. The van der Waals surface area contributed by atoms with Gasteiger partial charge >= 0.3 is 6.18 Å². The standard InChI is InChI=1S/C18H15F3N2O/c1-11-3-2-4-12(7-11)8-17(24)23-15-6-5-14(22)9-13(15)10-16(23)18(19,20)21/h2-7,9-10H,8,22H2,1H3. The SMILES string of the molecule is Cc1cccc(CC(=O)n2c(C(F)(F)F)cc3cc(N)ccc32)c1. The Labute approximate surface area is 136 Å². The third-order valence-corrected chi connectivity index (χ3v) is 3.80. The van der Waals surface area contributed by atoms with E-state index in [-0.39, 0.29) is 11.9 Å². The van der Waals surface area contributed by atoms with Crippen LogP contribution in [0.1, 0.15) is 21.6 Å². The van der Waals surface area contributed by atoms with Crippen LogP contribution in [0, 0.1) is 6.92 Å². The summed E-state index contributed by atoms with van der Waals surface area (Å²) in [5.41, 5.74) is 6.81. The van der Waals surface area contributed by atoms with Crippen molar-refractivity contribution in [3.63, 3.8) is 0 Å². The van der Waals surface area contributed by atoms with E-state index in [2.05, 4.69) is 0 Å². The van der Waals surface area contributed by atoms with Gasteiger partial charge in [0.05, 0.1) is 11.9 Å². The van der Waals surface area contributed by atoms with Crippen LogP contribution in [-0.4, -0.2) is 10.5 Å². The van der Waals surface area contributed by atoms with Crippen LogP contribution in [0.25, 0.3) is 10.9 Å². The molecule has 3 aromatic rings. The molecule has 124 valence electrons. The topological polar surface area (TPSA) is 48.0 Å². The van der Waals surface area contributed by atoms with Gasteiger partial charge in [-0.1, -0.05) is 29.8 Å². The van der Waals surface area contributed by atoms with E-state index >= 15 is 0 Å². The fourth-order valence-corrected chi connectivity index (χ4v) is 2.79. The van der Waals surface area contributed by atoms with Gasteiger partial charge in [-0.3, -0.25) is 9.36 Å². The van der Waals surface area contributed by atoms with Crippen molar-refractivity contribution in [1.82, 2.24) is 4.57 Å². The predicted octanol–water partition coefficient (Wildman–Crippen LogP) is 4.43. The Morgan fingerprint density at radius 1 is 1.12 bits per heavy atom. The van der Waals surface area contributed by atoms with Crippen molar-refractivity contribution in [2.24, 2.45) is 0 Å². The molecule has 0 atom stereocenters. The molecule has 24 heavy (non-hydrogen) atoms. The Morgan fingerprint density at radius 2 is 1.88 bits per heavy atom. The van der Waals surface area contributed by atoms with Crippen LogP contribution < -0.4 is 5.73 Å². The number of benzene rings is 2. The molecule has 1 aromatic heterocycles. The van der Waals surface area contributed by atoms with Crippen molar-refractivity contribution < 1.29 is 18.0 Å². The first-order chi connectivity index (χ1) is 11.3. The maximum Gasteiger partial charge on any atom is 0.431 e. The van der Waals surface area contributed by atoms with Gasteiger partial charge < -0.3 is 5.73 Å². The van der Waals surface area contributed by atoms with Crippen LogP contribution in [-0.2, 0) is 12.6 Å². The number of hydrogen-bond donors (Lipinski definition) is 1. The number of carbonyl (C=O) groups is 1. The van der Waals surface area contributed by atoms with E-state index in [0.29, 0.717) is 16.6 Å². The number of rotatable bonds is 2. The number of carbonyl (C=O) groups excluding carboxylic acids is 1. The number of hydrogen-bond acceptors (Lipinski definition) is 2. The summed E-state index contributed by atoms with van der Waals surface area (Å²) in [6.45, 7) is 1.86. The maximum absolute atomic E-state index is 13.3. The number of aromatic nitrogens is 1. The van der Waals surface area contributed by atoms with Crippen LogP contribution in [0.5, 0.6) is 0 Å². The molecular weight excluding hydrogens is 317 g/mol. The molecule has 0 radical (unpaired) electrons. The molecule has 2 N–H and O–H groups in total. The van der Waals surface area contributed by atoms with E-state index in [1.54, 1.807) is 18.2 Å². The number of halogens is 3. The lowest BCUT2D eigenvalue weighted by Gasteiger charge is -2.12. The molecule has 0 saturated carbocycles. The minimum Gasteiger partial charge on any atom is -0.399 e. The molecule has 0 saturated heterocycles. The van der Waals surface area contributed by atoms with Crippen LogP contribution in [0.3, 0.4) is 0 Å². The van der Waals surface area contributed by atoms with Crippen LogP contribution in [0.2, 0.25) is 0 Å². The van der Waals surface area contributed by atoms with Crippen LogP contribution in [0.15, 0.2) is 48.5 Å². The van der Waals surface area contributed by atoms with Gasteiger partial charge in [-0.05, 0) is 36.8 Å². The summed E-state index contributed by atoms with van der Waals surface area (Å²) in [7, 11) is 0. The smallest absolute Gasteiger partial charge is 0.399 e. The molecule has 0 amide bonds. The zero-order valence-electron chi connectivity index (χ0n) is 12.9. The first kappa shape index (κ1) is 16.1. The lowest BCUT2D eigenvalue weighted by molar-refractivity contribution is -0.142. The summed E-state index contributed by atoms with van der Waals surface area (Å²) in [5, 5.41) is 0.292. The second-order valence-corrected chi connectivity index (χ2v) is 5.74. The highest BCUT2D eigenvalue weighted by atomic mass is 19.4. The minimum absolute atomic E-state index is 0.112. The van der Waals surface area contributed by atoms with Gasteiger partial charge in [-0.25, -0.2) is 0 Å². The van der Waals surface area contributed by atoms with Crippen molar-refractivity contribution in [3.05, 3.63) is 65.4 Å². The summed E-state index contributed by atoms with van der Waals surface area (Å²) in [5.74, 6) is -0.632. The zero-order valence-corrected chi connectivity index (χ0v) is 12.9.